The Balaban J connectivity index is 0.00000149. The molecule has 4 rings (SSSR count). The number of nitrogens with zero attached hydrogens (tertiary/aromatic N) is 4. The van der Waals surface area contributed by atoms with Gasteiger partial charge in [-0.05, 0) is 31.0 Å². The number of nitrogens with one attached hydrogen (secondary N) is 1. The van der Waals surface area contributed by atoms with E-state index >= 15 is 0 Å². The minimum Gasteiger partial charge on any atom is -0.495 e. The van der Waals surface area contributed by atoms with Gasteiger partial charge < -0.3 is 25.0 Å². The second kappa shape index (κ2) is 10.3. The van der Waals surface area contributed by atoms with Gasteiger partial charge in [-0.2, -0.15) is 4.98 Å². The summed E-state index contributed by atoms with van der Waals surface area (Å²) in [6.07, 6.45) is 3.81. The highest BCUT2D eigenvalue weighted by atomic mass is 19.1. The largest absolute Gasteiger partial charge is 0.495 e. The lowest BCUT2D eigenvalue weighted by atomic mass is 10.2. The SMILES string of the molecule is C=C.COc1cc(C(=O)O)ccc1Nc1ncc2c(n1)N(C1CCCC1)CC(F)C(=O)N2C. The number of carboxylic acids is 1. The van der Waals surface area contributed by atoms with Crippen molar-refractivity contribution in [1.82, 2.24) is 9.97 Å². The molecule has 2 aliphatic rings. The number of alkyl halides is 1. The predicted octanol–water partition coefficient (Wildman–Crippen LogP) is 3.79. The van der Waals surface area contributed by atoms with Gasteiger partial charge in [-0.1, -0.05) is 12.8 Å². The summed E-state index contributed by atoms with van der Waals surface area (Å²) < 4.78 is 19.9. The van der Waals surface area contributed by atoms with E-state index in [9.17, 15) is 19.1 Å². The van der Waals surface area contributed by atoms with Gasteiger partial charge in [-0.3, -0.25) is 4.79 Å². The topological polar surface area (TPSA) is 108 Å². The molecule has 0 bridgehead atoms. The van der Waals surface area contributed by atoms with Gasteiger partial charge in [0, 0.05) is 13.1 Å². The summed E-state index contributed by atoms with van der Waals surface area (Å²) in [6, 6.07) is 4.53. The fourth-order valence-corrected chi connectivity index (χ4v) is 4.13. The van der Waals surface area contributed by atoms with E-state index in [0.717, 1.165) is 25.7 Å². The number of hydrogen-bond donors (Lipinski definition) is 2. The minimum absolute atomic E-state index is 0.0477. The quantitative estimate of drug-likeness (QED) is 0.653. The molecule has 1 saturated carbocycles. The Labute approximate surface area is 191 Å². The van der Waals surface area contributed by atoms with E-state index in [-0.39, 0.29) is 24.1 Å². The monoisotopic (exact) mass is 457 g/mol. The molecule has 33 heavy (non-hydrogen) atoms. The summed E-state index contributed by atoms with van der Waals surface area (Å²) in [6.45, 7) is 5.95. The molecule has 1 aliphatic heterocycles. The zero-order valence-electron chi connectivity index (χ0n) is 18.8. The third-order valence-corrected chi connectivity index (χ3v) is 5.80. The van der Waals surface area contributed by atoms with Gasteiger partial charge in [0.15, 0.2) is 12.0 Å². The number of halogens is 1. The summed E-state index contributed by atoms with van der Waals surface area (Å²) in [5.41, 5.74) is 1.03. The second-order valence-corrected chi connectivity index (χ2v) is 7.70. The molecule has 0 radical (unpaired) electrons. The Kier molecular flexibility index (Phi) is 7.47. The number of ether oxygens (including phenoxy) is 1. The van der Waals surface area contributed by atoms with E-state index < -0.39 is 18.0 Å². The molecule has 1 atom stereocenters. The number of rotatable bonds is 5. The number of carbonyl (C=O) groups excluding carboxylic acids is 1. The van der Waals surface area contributed by atoms with Crippen LogP contribution in [0.2, 0.25) is 0 Å². The number of aromatic nitrogens is 2. The third-order valence-electron chi connectivity index (χ3n) is 5.80. The van der Waals surface area contributed by atoms with Crippen LogP contribution in [0.25, 0.3) is 0 Å². The summed E-state index contributed by atoms with van der Waals surface area (Å²) in [4.78, 5) is 35.7. The highest BCUT2D eigenvalue weighted by Crippen LogP contribution is 2.37. The molecule has 2 N–H and O–H groups in total. The number of methoxy groups -OCH3 is 1. The van der Waals surface area contributed by atoms with Crippen molar-refractivity contribution >= 4 is 35.0 Å². The highest BCUT2D eigenvalue weighted by molar-refractivity contribution is 6.00. The van der Waals surface area contributed by atoms with Crippen LogP contribution >= 0.6 is 0 Å². The Hall–Kier alpha value is -3.69. The average Bonchev–Trinajstić information content (AvgIpc) is 3.34. The fourth-order valence-electron chi connectivity index (χ4n) is 4.13. The van der Waals surface area contributed by atoms with Crippen molar-refractivity contribution in [2.45, 2.75) is 37.9 Å². The summed E-state index contributed by atoms with van der Waals surface area (Å²) in [5, 5.41) is 12.2. The molecule has 10 heteroatoms. The molecule has 0 spiro atoms. The molecule has 176 valence electrons. The van der Waals surface area contributed by atoms with Gasteiger partial charge in [0.2, 0.25) is 5.95 Å². The molecule has 0 saturated heterocycles. The van der Waals surface area contributed by atoms with Crippen LogP contribution in [0.5, 0.6) is 5.75 Å². The van der Waals surface area contributed by atoms with Crippen LogP contribution < -0.4 is 19.9 Å². The molecule has 1 aromatic heterocycles. The fraction of sp³-hybridized carbons (Fsp3) is 0.391. The van der Waals surface area contributed by atoms with Crippen molar-refractivity contribution in [3.05, 3.63) is 43.1 Å². The van der Waals surface area contributed by atoms with Crippen molar-refractivity contribution in [1.29, 1.82) is 0 Å². The molecule has 2 aromatic rings. The molecule has 1 unspecified atom stereocenters. The number of aromatic carboxylic acids is 1. The van der Waals surface area contributed by atoms with Gasteiger partial charge in [-0.25, -0.2) is 14.2 Å². The number of benzene rings is 1. The van der Waals surface area contributed by atoms with E-state index in [4.69, 9.17) is 4.74 Å². The molecule has 2 heterocycles. The molecule has 1 fully saturated rings. The first kappa shape index (κ1) is 24.0. The van der Waals surface area contributed by atoms with Gasteiger partial charge in [-0.15, -0.1) is 13.2 Å². The smallest absolute Gasteiger partial charge is 0.335 e. The van der Waals surface area contributed by atoms with E-state index in [2.05, 4.69) is 28.4 Å². The Morgan fingerprint density at radius 3 is 2.64 bits per heavy atom. The van der Waals surface area contributed by atoms with Crippen LogP contribution in [0.4, 0.5) is 27.5 Å². The van der Waals surface area contributed by atoms with Crippen molar-refractivity contribution in [3.8, 4) is 5.75 Å². The first-order chi connectivity index (χ1) is 15.9. The van der Waals surface area contributed by atoms with Crippen molar-refractivity contribution in [2.75, 3.05) is 35.8 Å². The zero-order chi connectivity index (χ0) is 24.1. The average molecular weight is 458 g/mol. The lowest BCUT2D eigenvalue weighted by Gasteiger charge is -2.30. The number of fused-ring (bicyclic) bond motifs is 1. The maximum atomic E-state index is 14.6. The van der Waals surface area contributed by atoms with Gasteiger partial charge in [0.1, 0.15) is 11.4 Å². The summed E-state index contributed by atoms with van der Waals surface area (Å²) in [7, 11) is 2.96. The highest BCUT2D eigenvalue weighted by Gasteiger charge is 2.37. The van der Waals surface area contributed by atoms with Crippen LogP contribution in [0.15, 0.2) is 37.6 Å². The Morgan fingerprint density at radius 2 is 2.00 bits per heavy atom. The number of carboxylic acid groups (broad SMARTS) is 1. The van der Waals surface area contributed by atoms with Crippen LogP contribution in [-0.4, -0.2) is 59.9 Å². The second-order valence-electron chi connectivity index (χ2n) is 7.70. The minimum atomic E-state index is -1.64. The standard InChI is InChI=1S/C21H24FN5O4.C2H4/c1-26-16-10-23-21(24-15-8-7-12(20(29)30)9-17(15)31-2)25-18(16)27(11-14(22)19(26)28)13-5-3-4-6-13;1-2/h7-10,13-14H,3-6,11H2,1-2H3,(H,29,30)(H,23,24,25);1-2H2. The summed E-state index contributed by atoms with van der Waals surface area (Å²) >= 11 is 0. The van der Waals surface area contributed by atoms with Crippen LogP contribution in [0.1, 0.15) is 36.0 Å². The van der Waals surface area contributed by atoms with Crippen LogP contribution in [0, 0.1) is 0 Å². The van der Waals surface area contributed by atoms with E-state index in [1.165, 1.54) is 37.4 Å². The predicted molar refractivity (Wildman–Crippen MR) is 124 cm³/mol. The zero-order valence-corrected chi connectivity index (χ0v) is 18.8. The first-order valence-electron chi connectivity index (χ1n) is 10.6. The third kappa shape index (κ3) is 4.89. The number of anilines is 4. The number of hydrogen-bond acceptors (Lipinski definition) is 7. The van der Waals surface area contributed by atoms with E-state index in [0.29, 0.717) is 22.9 Å². The van der Waals surface area contributed by atoms with Crippen LogP contribution in [-0.2, 0) is 4.79 Å². The molecule has 1 aromatic carbocycles. The van der Waals surface area contributed by atoms with E-state index in [1.54, 1.807) is 6.07 Å². The lowest BCUT2D eigenvalue weighted by molar-refractivity contribution is -0.122. The number of amides is 1. The molecule has 1 aliphatic carbocycles. The summed E-state index contributed by atoms with van der Waals surface area (Å²) in [5.74, 6) is -0.617. The van der Waals surface area contributed by atoms with Crippen LogP contribution in [0.3, 0.4) is 0 Å². The van der Waals surface area contributed by atoms with Crippen molar-refractivity contribution in [2.24, 2.45) is 0 Å². The molecular formula is C23H28FN5O4. The lowest BCUT2D eigenvalue weighted by Crippen LogP contribution is -2.41. The normalized spacial score (nSPS) is 18.2. The maximum Gasteiger partial charge on any atom is 0.335 e. The Morgan fingerprint density at radius 1 is 1.30 bits per heavy atom. The van der Waals surface area contributed by atoms with E-state index in [1.807, 2.05) is 4.90 Å². The number of carbonyl (C=O) groups is 2. The van der Waals surface area contributed by atoms with Crippen molar-refractivity contribution < 1.29 is 23.8 Å². The first-order valence-corrected chi connectivity index (χ1v) is 10.6. The molecule has 9 nitrogen and oxygen atoms in total. The van der Waals surface area contributed by atoms with Gasteiger partial charge in [0.25, 0.3) is 5.91 Å². The molecule has 1 amide bonds. The Bertz CT molecular complexity index is 1030. The maximum absolute atomic E-state index is 14.6. The molecular weight excluding hydrogens is 429 g/mol. The van der Waals surface area contributed by atoms with Gasteiger partial charge in [0.05, 0.1) is 31.1 Å². The van der Waals surface area contributed by atoms with Crippen molar-refractivity contribution in [3.63, 3.8) is 0 Å². The van der Waals surface area contributed by atoms with Gasteiger partial charge >= 0.3 is 5.97 Å².